The van der Waals surface area contributed by atoms with Crippen molar-refractivity contribution in [3.8, 4) is 0 Å². The van der Waals surface area contributed by atoms with Crippen LogP contribution in [0.4, 0.5) is 17.5 Å². The van der Waals surface area contributed by atoms with E-state index in [2.05, 4.69) is 20.3 Å². The zero-order valence-electron chi connectivity index (χ0n) is 10.2. The minimum atomic E-state index is -0.588. The molecule has 0 aliphatic carbocycles. The molecule has 0 bridgehead atoms. The molecule has 2 aromatic rings. The van der Waals surface area contributed by atoms with Gasteiger partial charge in [-0.05, 0) is 0 Å². The van der Waals surface area contributed by atoms with Gasteiger partial charge in [0.05, 0.1) is 17.7 Å². The van der Waals surface area contributed by atoms with E-state index in [1.54, 1.807) is 6.20 Å². The lowest BCUT2D eigenvalue weighted by molar-refractivity contribution is -0.384. The first kappa shape index (κ1) is 12.7. The van der Waals surface area contributed by atoms with Gasteiger partial charge in [0, 0.05) is 6.42 Å². The van der Waals surface area contributed by atoms with Crippen LogP contribution >= 0.6 is 0 Å². The summed E-state index contributed by atoms with van der Waals surface area (Å²) in [6, 6.07) is 0. The molecule has 0 aromatic carbocycles. The summed E-state index contributed by atoms with van der Waals surface area (Å²) in [6.07, 6.45) is 3.39. The van der Waals surface area contributed by atoms with Crippen molar-refractivity contribution in [1.82, 2.24) is 15.0 Å². The molecule has 0 fully saturated rings. The zero-order chi connectivity index (χ0) is 13.8. The SMILES string of the molecule is CCc1cnc(CNc2nc(N)ncc2[N+](=O)[O-])o1. The summed E-state index contributed by atoms with van der Waals surface area (Å²) in [5, 5.41) is 13.6. The minimum Gasteiger partial charge on any atom is -0.444 e. The van der Waals surface area contributed by atoms with Crippen LogP contribution in [-0.2, 0) is 13.0 Å². The van der Waals surface area contributed by atoms with E-state index < -0.39 is 4.92 Å². The molecule has 0 saturated heterocycles. The van der Waals surface area contributed by atoms with Gasteiger partial charge < -0.3 is 15.5 Å². The van der Waals surface area contributed by atoms with Gasteiger partial charge in [0.2, 0.25) is 17.7 Å². The van der Waals surface area contributed by atoms with E-state index in [1.165, 1.54) is 0 Å². The largest absolute Gasteiger partial charge is 0.444 e. The van der Waals surface area contributed by atoms with Crippen LogP contribution in [0.15, 0.2) is 16.8 Å². The molecule has 9 nitrogen and oxygen atoms in total. The maximum Gasteiger partial charge on any atom is 0.329 e. The monoisotopic (exact) mass is 264 g/mol. The van der Waals surface area contributed by atoms with Gasteiger partial charge in [0.1, 0.15) is 12.0 Å². The van der Waals surface area contributed by atoms with Gasteiger partial charge >= 0.3 is 5.69 Å². The Kier molecular flexibility index (Phi) is 3.55. The molecule has 0 saturated carbocycles. The maximum atomic E-state index is 10.8. The Hall–Kier alpha value is -2.71. The topological polar surface area (TPSA) is 133 Å². The molecule has 0 unspecified atom stereocenters. The quantitative estimate of drug-likeness (QED) is 0.606. The van der Waals surface area contributed by atoms with E-state index in [0.717, 1.165) is 18.4 Å². The number of aryl methyl sites for hydroxylation is 1. The fraction of sp³-hybridized carbons (Fsp3) is 0.300. The van der Waals surface area contributed by atoms with Crippen LogP contribution in [-0.4, -0.2) is 19.9 Å². The number of aromatic nitrogens is 3. The standard InChI is InChI=1S/C10H12N6O3/c1-2-6-3-12-8(19-6)5-13-9-7(16(17)18)4-14-10(11)15-9/h3-4H,2,5H2,1H3,(H3,11,13,14,15). The van der Waals surface area contributed by atoms with Gasteiger partial charge in [-0.25, -0.2) is 9.97 Å². The van der Waals surface area contributed by atoms with Crippen molar-refractivity contribution in [2.24, 2.45) is 0 Å². The predicted molar refractivity (Wildman–Crippen MR) is 66.3 cm³/mol. The minimum absolute atomic E-state index is 0.0359. The van der Waals surface area contributed by atoms with Crippen LogP contribution in [0.3, 0.4) is 0 Å². The first-order valence-corrected chi connectivity index (χ1v) is 5.54. The van der Waals surface area contributed by atoms with Crippen LogP contribution in [0.25, 0.3) is 0 Å². The number of nitrogens with one attached hydrogen (secondary N) is 1. The molecule has 9 heteroatoms. The molecule has 2 aromatic heterocycles. The second-order valence-electron chi connectivity index (χ2n) is 3.65. The predicted octanol–water partition coefficient (Wildman–Crippen LogP) is 1.13. The number of nitrogens with zero attached hydrogens (tertiary/aromatic N) is 4. The van der Waals surface area contributed by atoms with E-state index >= 15 is 0 Å². The molecule has 0 spiro atoms. The second kappa shape index (κ2) is 5.29. The van der Waals surface area contributed by atoms with Crippen molar-refractivity contribution < 1.29 is 9.34 Å². The average Bonchev–Trinajstić information content (AvgIpc) is 2.84. The zero-order valence-corrected chi connectivity index (χ0v) is 10.2. The molecule has 2 rings (SSSR count). The molecule has 19 heavy (non-hydrogen) atoms. The van der Waals surface area contributed by atoms with Crippen molar-refractivity contribution >= 4 is 17.5 Å². The number of hydrogen-bond acceptors (Lipinski definition) is 8. The lowest BCUT2D eigenvalue weighted by atomic mass is 10.4. The fourth-order valence-electron chi connectivity index (χ4n) is 1.41. The molecule has 0 atom stereocenters. The third kappa shape index (κ3) is 2.94. The van der Waals surface area contributed by atoms with Crippen LogP contribution < -0.4 is 11.1 Å². The summed E-state index contributed by atoms with van der Waals surface area (Å²) < 4.78 is 5.37. The lowest BCUT2D eigenvalue weighted by Gasteiger charge is -2.03. The Morgan fingerprint density at radius 1 is 1.47 bits per heavy atom. The van der Waals surface area contributed by atoms with Crippen LogP contribution in [0.1, 0.15) is 18.6 Å². The second-order valence-corrected chi connectivity index (χ2v) is 3.65. The van der Waals surface area contributed by atoms with Crippen LogP contribution in [0.2, 0.25) is 0 Å². The molecule has 100 valence electrons. The first-order valence-electron chi connectivity index (χ1n) is 5.54. The van der Waals surface area contributed by atoms with E-state index in [1.807, 2.05) is 6.92 Å². The summed E-state index contributed by atoms with van der Waals surface area (Å²) in [4.78, 5) is 21.6. The molecular weight excluding hydrogens is 252 g/mol. The van der Waals surface area contributed by atoms with Gasteiger partial charge in [-0.3, -0.25) is 10.1 Å². The highest BCUT2D eigenvalue weighted by Crippen LogP contribution is 2.21. The van der Waals surface area contributed by atoms with E-state index in [0.29, 0.717) is 5.89 Å². The summed E-state index contributed by atoms with van der Waals surface area (Å²) in [5.74, 6) is 1.15. The van der Waals surface area contributed by atoms with E-state index in [-0.39, 0.29) is 24.0 Å². The summed E-state index contributed by atoms with van der Waals surface area (Å²) in [6.45, 7) is 2.12. The number of nitrogen functional groups attached to an aromatic ring is 1. The number of rotatable bonds is 5. The molecule has 0 aliphatic rings. The number of anilines is 2. The number of nitrogens with two attached hydrogens (primary N) is 1. The van der Waals surface area contributed by atoms with Crippen molar-refractivity contribution in [2.45, 2.75) is 19.9 Å². The molecule has 0 radical (unpaired) electrons. The average molecular weight is 264 g/mol. The van der Waals surface area contributed by atoms with Gasteiger partial charge in [0.25, 0.3) is 0 Å². The van der Waals surface area contributed by atoms with Crippen molar-refractivity contribution in [3.05, 3.63) is 34.2 Å². The molecule has 2 heterocycles. The van der Waals surface area contributed by atoms with Gasteiger partial charge in [-0.15, -0.1) is 0 Å². The Morgan fingerprint density at radius 3 is 2.89 bits per heavy atom. The Bertz CT molecular complexity index is 597. The molecule has 0 amide bonds. The van der Waals surface area contributed by atoms with E-state index in [4.69, 9.17) is 10.2 Å². The molecule has 3 N–H and O–H groups in total. The first-order chi connectivity index (χ1) is 9.10. The maximum absolute atomic E-state index is 10.8. The number of hydrogen-bond donors (Lipinski definition) is 2. The van der Waals surface area contributed by atoms with Crippen LogP contribution in [0.5, 0.6) is 0 Å². The third-order valence-electron chi connectivity index (χ3n) is 2.34. The summed E-state index contributed by atoms with van der Waals surface area (Å²) >= 11 is 0. The molecule has 0 aliphatic heterocycles. The number of oxazole rings is 1. The van der Waals surface area contributed by atoms with Crippen LogP contribution in [0, 0.1) is 10.1 Å². The Labute approximate surface area is 108 Å². The highest BCUT2D eigenvalue weighted by atomic mass is 16.6. The Balaban J connectivity index is 2.14. The smallest absolute Gasteiger partial charge is 0.329 e. The third-order valence-corrected chi connectivity index (χ3v) is 2.34. The Morgan fingerprint density at radius 2 is 2.26 bits per heavy atom. The normalized spacial score (nSPS) is 10.4. The van der Waals surface area contributed by atoms with Gasteiger partial charge in [-0.1, -0.05) is 6.92 Å². The summed E-state index contributed by atoms with van der Waals surface area (Å²) in [5.41, 5.74) is 5.15. The van der Waals surface area contributed by atoms with Crippen molar-refractivity contribution in [2.75, 3.05) is 11.1 Å². The van der Waals surface area contributed by atoms with Crippen molar-refractivity contribution in [1.29, 1.82) is 0 Å². The van der Waals surface area contributed by atoms with Gasteiger partial charge in [0.15, 0.2) is 0 Å². The number of nitro groups is 1. The molecular formula is C10H12N6O3. The summed E-state index contributed by atoms with van der Waals surface area (Å²) in [7, 11) is 0. The van der Waals surface area contributed by atoms with E-state index in [9.17, 15) is 10.1 Å². The lowest BCUT2D eigenvalue weighted by Crippen LogP contribution is -2.07. The van der Waals surface area contributed by atoms with Crippen molar-refractivity contribution in [3.63, 3.8) is 0 Å². The van der Waals surface area contributed by atoms with Gasteiger partial charge in [-0.2, -0.15) is 4.98 Å². The highest BCUT2D eigenvalue weighted by molar-refractivity contribution is 5.56. The fourth-order valence-corrected chi connectivity index (χ4v) is 1.41. The highest BCUT2D eigenvalue weighted by Gasteiger charge is 2.17.